The van der Waals surface area contributed by atoms with Crippen molar-refractivity contribution in [3.05, 3.63) is 48.0 Å². The molecule has 0 unspecified atom stereocenters. The number of carbonyl (C=O) groups excluding carboxylic acids is 1. The Labute approximate surface area is 170 Å². The zero-order valence-corrected chi connectivity index (χ0v) is 17.8. The van der Waals surface area contributed by atoms with Crippen LogP contribution in [0.2, 0.25) is 0 Å². The van der Waals surface area contributed by atoms with Gasteiger partial charge in [-0.1, -0.05) is 0 Å². The Kier molecular flexibility index (Phi) is 7.01. The molecule has 0 radical (unpaired) electrons. The Hall–Kier alpha value is -2.47. The van der Waals surface area contributed by atoms with Crippen LogP contribution in [0, 0.1) is 6.92 Å². The van der Waals surface area contributed by atoms with E-state index in [1.54, 1.807) is 20.8 Å². The van der Waals surface area contributed by atoms with Gasteiger partial charge < -0.3 is 10.1 Å². The number of amides is 1. The molecule has 0 heterocycles. The smallest absolute Gasteiger partial charge is 0.262 e. The van der Waals surface area contributed by atoms with Crippen LogP contribution in [0.4, 0.5) is 5.69 Å². The Morgan fingerprint density at radius 3 is 2.14 bits per heavy atom. The van der Waals surface area contributed by atoms with Crippen LogP contribution in [-0.2, 0) is 24.8 Å². The van der Waals surface area contributed by atoms with Crippen LogP contribution >= 0.6 is 0 Å². The van der Waals surface area contributed by atoms with E-state index in [1.807, 2.05) is 0 Å². The van der Waals surface area contributed by atoms with Crippen LogP contribution in [0.25, 0.3) is 0 Å². The maximum Gasteiger partial charge on any atom is 0.262 e. The highest BCUT2D eigenvalue weighted by Crippen LogP contribution is 2.22. The summed E-state index contributed by atoms with van der Waals surface area (Å²) in [6.07, 6.45) is 0. The van der Waals surface area contributed by atoms with E-state index in [4.69, 9.17) is 9.88 Å². The average molecular weight is 442 g/mol. The van der Waals surface area contributed by atoms with E-state index >= 15 is 0 Å². The molecule has 2 aromatic carbocycles. The lowest BCUT2D eigenvalue weighted by molar-refractivity contribution is -0.118. The van der Waals surface area contributed by atoms with Crippen molar-refractivity contribution >= 4 is 31.6 Å². The molecule has 2 rings (SSSR count). The van der Waals surface area contributed by atoms with E-state index < -0.39 is 26.0 Å². The zero-order valence-electron chi connectivity index (χ0n) is 16.2. The summed E-state index contributed by atoms with van der Waals surface area (Å²) in [7, 11) is -7.43. The molecule has 0 spiro atoms. The molecule has 0 saturated carbocycles. The maximum absolute atomic E-state index is 12.2. The number of ether oxygens (including phenoxy) is 1. The molecule has 0 saturated heterocycles. The zero-order chi connectivity index (χ0) is 21.8. The number of hydrogen-bond donors (Lipinski definition) is 3. The van der Waals surface area contributed by atoms with E-state index in [9.17, 15) is 21.6 Å². The van der Waals surface area contributed by atoms with Crippen LogP contribution in [-0.4, -0.2) is 35.4 Å². The lowest BCUT2D eigenvalue weighted by atomic mass is 10.2. The SMILES string of the molecule is Cc1cc(S(=O)(=O)NC(C)C)ccc1OCC(=O)Nc1ccc(S(N)(=O)=O)cc1. The van der Waals surface area contributed by atoms with Crippen LogP contribution in [0.5, 0.6) is 5.75 Å². The molecule has 9 nitrogen and oxygen atoms in total. The fraction of sp³-hybridized carbons (Fsp3) is 0.278. The van der Waals surface area contributed by atoms with Crippen molar-refractivity contribution in [2.45, 2.75) is 36.6 Å². The maximum atomic E-state index is 12.2. The largest absolute Gasteiger partial charge is 0.483 e. The summed E-state index contributed by atoms with van der Waals surface area (Å²) >= 11 is 0. The first-order valence-electron chi connectivity index (χ1n) is 8.57. The van der Waals surface area contributed by atoms with Gasteiger partial charge in [0.25, 0.3) is 5.91 Å². The third-order valence-electron chi connectivity index (χ3n) is 3.67. The number of anilines is 1. The summed E-state index contributed by atoms with van der Waals surface area (Å²) < 4.78 is 54.8. The van der Waals surface area contributed by atoms with Crippen molar-refractivity contribution in [3.8, 4) is 5.75 Å². The monoisotopic (exact) mass is 441 g/mol. The number of primary sulfonamides is 1. The molecule has 4 N–H and O–H groups in total. The molecule has 11 heteroatoms. The highest BCUT2D eigenvalue weighted by molar-refractivity contribution is 7.89. The number of nitrogens with one attached hydrogen (secondary N) is 2. The molecule has 0 fully saturated rings. The van der Waals surface area contributed by atoms with Gasteiger partial charge in [0.15, 0.2) is 6.61 Å². The molecule has 0 aliphatic heterocycles. The second kappa shape index (κ2) is 8.91. The number of benzene rings is 2. The van der Waals surface area contributed by atoms with E-state index in [0.29, 0.717) is 17.0 Å². The second-order valence-corrected chi connectivity index (χ2v) is 9.88. The van der Waals surface area contributed by atoms with Crippen LogP contribution < -0.4 is 19.9 Å². The summed E-state index contributed by atoms with van der Waals surface area (Å²) in [6.45, 7) is 4.81. The average Bonchev–Trinajstić information content (AvgIpc) is 2.59. The number of hydrogen-bond acceptors (Lipinski definition) is 6. The Balaban J connectivity index is 2.00. The van der Waals surface area contributed by atoms with Crippen molar-refractivity contribution in [2.24, 2.45) is 5.14 Å². The molecular weight excluding hydrogens is 418 g/mol. The summed E-state index contributed by atoms with van der Waals surface area (Å²) in [5.41, 5.74) is 0.936. The first-order valence-corrected chi connectivity index (χ1v) is 11.6. The lowest BCUT2D eigenvalue weighted by Gasteiger charge is -2.13. The van der Waals surface area contributed by atoms with E-state index in [2.05, 4.69) is 10.0 Å². The lowest BCUT2D eigenvalue weighted by Crippen LogP contribution is -2.30. The molecule has 158 valence electrons. The van der Waals surface area contributed by atoms with Gasteiger partial charge in [-0.3, -0.25) is 4.79 Å². The minimum Gasteiger partial charge on any atom is -0.483 e. The van der Waals surface area contributed by atoms with Gasteiger partial charge in [0.05, 0.1) is 9.79 Å². The van der Waals surface area contributed by atoms with E-state index in [0.717, 1.165) is 0 Å². The van der Waals surface area contributed by atoms with Gasteiger partial charge in [-0.05, 0) is 68.8 Å². The molecular formula is C18H23N3O6S2. The van der Waals surface area contributed by atoms with Gasteiger partial charge in [-0.25, -0.2) is 26.7 Å². The fourth-order valence-electron chi connectivity index (χ4n) is 2.40. The van der Waals surface area contributed by atoms with Crippen molar-refractivity contribution in [2.75, 3.05) is 11.9 Å². The third kappa shape index (κ3) is 6.53. The van der Waals surface area contributed by atoms with Gasteiger partial charge in [0, 0.05) is 11.7 Å². The fourth-order valence-corrected chi connectivity index (χ4v) is 4.25. The van der Waals surface area contributed by atoms with Gasteiger partial charge in [0.1, 0.15) is 5.75 Å². The number of nitrogens with two attached hydrogens (primary N) is 1. The third-order valence-corrected chi connectivity index (χ3v) is 6.26. The van der Waals surface area contributed by atoms with Gasteiger partial charge in [0.2, 0.25) is 20.0 Å². The number of carbonyl (C=O) groups is 1. The van der Waals surface area contributed by atoms with Crippen LogP contribution in [0.1, 0.15) is 19.4 Å². The van der Waals surface area contributed by atoms with Crippen molar-refractivity contribution in [3.63, 3.8) is 0 Å². The first-order chi connectivity index (χ1) is 13.4. The molecule has 0 aliphatic carbocycles. The van der Waals surface area contributed by atoms with Crippen molar-refractivity contribution < 1.29 is 26.4 Å². The van der Waals surface area contributed by atoms with Gasteiger partial charge >= 0.3 is 0 Å². The van der Waals surface area contributed by atoms with E-state index in [1.165, 1.54) is 42.5 Å². The Morgan fingerprint density at radius 1 is 1.03 bits per heavy atom. The molecule has 1 amide bonds. The number of aryl methyl sites for hydroxylation is 1. The molecule has 2 aromatic rings. The first kappa shape index (κ1) is 22.8. The molecule has 0 atom stereocenters. The quantitative estimate of drug-likeness (QED) is 0.564. The minimum absolute atomic E-state index is 0.0654. The highest BCUT2D eigenvalue weighted by atomic mass is 32.2. The summed E-state index contributed by atoms with van der Waals surface area (Å²) in [5, 5.41) is 7.58. The van der Waals surface area contributed by atoms with Crippen LogP contribution in [0.3, 0.4) is 0 Å². The molecule has 0 aliphatic rings. The van der Waals surface area contributed by atoms with Crippen LogP contribution in [0.15, 0.2) is 52.3 Å². The second-order valence-electron chi connectivity index (χ2n) is 6.61. The highest BCUT2D eigenvalue weighted by Gasteiger charge is 2.17. The Morgan fingerprint density at radius 2 is 1.62 bits per heavy atom. The summed E-state index contributed by atoms with van der Waals surface area (Å²) in [5.74, 6) is -0.0980. The molecule has 29 heavy (non-hydrogen) atoms. The normalized spacial score (nSPS) is 12.0. The Bertz CT molecular complexity index is 1090. The minimum atomic E-state index is -3.80. The van der Waals surface area contributed by atoms with Gasteiger partial charge in [-0.2, -0.15) is 0 Å². The predicted octanol–water partition coefficient (Wildman–Crippen LogP) is 1.35. The molecule has 0 aromatic heterocycles. The summed E-state index contributed by atoms with van der Waals surface area (Å²) in [6, 6.07) is 9.48. The molecule has 0 bridgehead atoms. The predicted molar refractivity (Wildman–Crippen MR) is 109 cm³/mol. The van der Waals surface area contributed by atoms with Crippen molar-refractivity contribution in [1.29, 1.82) is 0 Å². The van der Waals surface area contributed by atoms with Crippen molar-refractivity contribution in [1.82, 2.24) is 4.72 Å². The standard InChI is InChI=1S/C18H23N3O6S2/c1-12(2)21-29(25,26)16-8-9-17(13(3)10-16)27-11-18(22)20-14-4-6-15(7-5-14)28(19,23)24/h4-10,12,21H,11H2,1-3H3,(H,20,22)(H2,19,23,24). The van der Waals surface area contributed by atoms with Gasteiger partial charge in [-0.15, -0.1) is 0 Å². The van der Waals surface area contributed by atoms with E-state index in [-0.39, 0.29) is 22.4 Å². The number of rotatable bonds is 8. The number of sulfonamides is 2. The topological polar surface area (TPSA) is 145 Å². The summed E-state index contributed by atoms with van der Waals surface area (Å²) in [4.78, 5) is 12.1.